The van der Waals surface area contributed by atoms with Crippen molar-refractivity contribution in [2.45, 2.75) is 20.0 Å². The molecule has 2 aromatic carbocycles. The molecular weight excluding hydrogens is 274 g/mol. The number of anilines is 1. The zero-order valence-electron chi connectivity index (χ0n) is 11.4. The predicted molar refractivity (Wildman–Crippen MR) is 81.4 cm³/mol. The van der Waals surface area contributed by atoms with Gasteiger partial charge in [-0.2, -0.15) is 0 Å². The van der Waals surface area contributed by atoms with Gasteiger partial charge < -0.3 is 10.1 Å². The number of para-hydroxylation sites is 1. The first kappa shape index (κ1) is 14.4. The van der Waals surface area contributed by atoms with E-state index in [0.717, 1.165) is 5.56 Å². The van der Waals surface area contributed by atoms with E-state index in [1.54, 1.807) is 19.1 Å². The molecule has 1 N–H and O–H groups in total. The number of rotatable bonds is 4. The average Bonchev–Trinajstić information content (AvgIpc) is 2.44. The van der Waals surface area contributed by atoms with Crippen LogP contribution in [0.2, 0.25) is 5.02 Å². The van der Waals surface area contributed by atoms with Crippen LogP contribution >= 0.6 is 11.6 Å². The van der Waals surface area contributed by atoms with Gasteiger partial charge in [0.05, 0.1) is 10.7 Å². The molecule has 0 saturated heterocycles. The zero-order valence-corrected chi connectivity index (χ0v) is 12.1. The SMILES string of the molecule is Cc1ccc(O[C@@H](C)C(=O)Nc2ccccc2Cl)cc1. The second-order valence-electron chi connectivity index (χ2n) is 4.54. The molecule has 0 aromatic heterocycles. The molecule has 104 valence electrons. The quantitative estimate of drug-likeness (QED) is 0.922. The number of ether oxygens (including phenoxy) is 1. The third-order valence-corrected chi connectivity index (χ3v) is 3.16. The van der Waals surface area contributed by atoms with Gasteiger partial charge in [-0.3, -0.25) is 4.79 Å². The van der Waals surface area contributed by atoms with Crippen molar-refractivity contribution in [1.29, 1.82) is 0 Å². The van der Waals surface area contributed by atoms with Crippen LogP contribution in [0.15, 0.2) is 48.5 Å². The highest BCUT2D eigenvalue weighted by Crippen LogP contribution is 2.21. The lowest BCUT2D eigenvalue weighted by atomic mass is 10.2. The first-order valence-electron chi connectivity index (χ1n) is 6.35. The number of hydrogen-bond acceptors (Lipinski definition) is 2. The lowest BCUT2D eigenvalue weighted by molar-refractivity contribution is -0.122. The summed E-state index contributed by atoms with van der Waals surface area (Å²) >= 11 is 6.00. The van der Waals surface area contributed by atoms with Crippen molar-refractivity contribution in [2.75, 3.05) is 5.32 Å². The largest absolute Gasteiger partial charge is 0.481 e. The number of benzene rings is 2. The molecule has 0 heterocycles. The summed E-state index contributed by atoms with van der Waals surface area (Å²) in [5.41, 5.74) is 1.73. The first-order chi connectivity index (χ1) is 9.56. The Balaban J connectivity index is 1.99. The number of carbonyl (C=O) groups is 1. The molecule has 1 atom stereocenters. The molecule has 20 heavy (non-hydrogen) atoms. The molecule has 0 bridgehead atoms. The predicted octanol–water partition coefficient (Wildman–Crippen LogP) is 4.05. The van der Waals surface area contributed by atoms with Gasteiger partial charge in [-0.1, -0.05) is 41.4 Å². The minimum atomic E-state index is -0.603. The third kappa shape index (κ3) is 3.75. The van der Waals surface area contributed by atoms with Crippen LogP contribution in [-0.2, 0) is 4.79 Å². The summed E-state index contributed by atoms with van der Waals surface area (Å²) in [4.78, 5) is 12.0. The molecule has 0 radical (unpaired) electrons. The van der Waals surface area contributed by atoms with Crippen molar-refractivity contribution >= 4 is 23.2 Å². The van der Waals surface area contributed by atoms with Gasteiger partial charge in [-0.25, -0.2) is 0 Å². The van der Waals surface area contributed by atoms with Crippen molar-refractivity contribution in [2.24, 2.45) is 0 Å². The molecule has 0 aliphatic heterocycles. The maximum atomic E-state index is 12.0. The minimum absolute atomic E-state index is 0.237. The van der Waals surface area contributed by atoms with Crippen molar-refractivity contribution in [1.82, 2.24) is 0 Å². The fourth-order valence-corrected chi connectivity index (χ4v) is 1.85. The molecule has 0 aliphatic carbocycles. The van der Waals surface area contributed by atoms with Crippen molar-refractivity contribution in [3.8, 4) is 5.75 Å². The third-order valence-electron chi connectivity index (χ3n) is 2.83. The van der Waals surface area contributed by atoms with Gasteiger partial charge in [-0.15, -0.1) is 0 Å². The van der Waals surface area contributed by atoms with E-state index < -0.39 is 6.10 Å². The van der Waals surface area contributed by atoms with Crippen LogP contribution in [0.3, 0.4) is 0 Å². The highest BCUT2D eigenvalue weighted by molar-refractivity contribution is 6.33. The molecule has 0 aliphatic rings. The molecule has 1 amide bonds. The van der Waals surface area contributed by atoms with Crippen LogP contribution in [-0.4, -0.2) is 12.0 Å². The normalized spacial score (nSPS) is 11.8. The molecule has 2 aromatic rings. The second kappa shape index (κ2) is 6.44. The van der Waals surface area contributed by atoms with E-state index in [-0.39, 0.29) is 5.91 Å². The van der Waals surface area contributed by atoms with Crippen molar-refractivity contribution in [3.63, 3.8) is 0 Å². The Hall–Kier alpha value is -2.00. The van der Waals surface area contributed by atoms with Crippen LogP contribution in [0.1, 0.15) is 12.5 Å². The Morgan fingerprint density at radius 3 is 2.45 bits per heavy atom. The minimum Gasteiger partial charge on any atom is -0.481 e. The van der Waals surface area contributed by atoms with Gasteiger partial charge in [0.15, 0.2) is 6.10 Å². The lowest BCUT2D eigenvalue weighted by Crippen LogP contribution is -2.30. The number of amides is 1. The second-order valence-corrected chi connectivity index (χ2v) is 4.95. The van der Waals surface area contributed by atoms with E-state index in [4.69, 9.17) is 16.3 Å². The molecular formula is C16H16ClNO2. The highest BCUT2D eigenvalue weighted by Gasteiger charge is 2.15. The lowest BCUT2D eigenvalue weighted by Gasteiger charge is -2.15. The Morgan fingerprint density at radius 1 is 1.15 bits per heavy atom. The topological polar surface area (TPSA) is 38.3 Å². The Morgan fingerprint density at radius 2 is 1.80 bits per heavy atom. The van der Waals surface area contributed by atoms with Gasteiger partial charge in [0, 0.05) is 0 Å². The van der Waals surface area contributed by atoms with Crippen molar-refractivity contribution < 1.29 is 9.53 Å². The van der Waals surface area contributed by atoms with Gasteiger partial charge in [0.1, 0.15) is 5.75 Å². The molecule has 0 fully saturated rings. The summed E-state index contributed by atoms with van der Waals surface area (Å²) < 4.78 is 5.59. The van der Waals surface area contributed by atoms with E-state index in [9.17, 15) is 4.79 Å². The summed E-state index contributed by atoms with van der Waals surface area (Å²) in [5, 5.41) is 3.25. The molecule has 4 heteroatoms. The first-order valence-corrected chi connectivity index (χ1v) is 6.73. The maximum absolute atomic E-state index is 12.0. The fraction of sp³-hybridized carbons (Fsp3) is 0.188. The number of hydrogen-bond donors (Lipinski definition) is 1. The summed E-state index contributed by atoms with van der Waals surface area (Å²) in [6.45, 7) is 3.70. The molecule has 2 rings (SSSR count). The highest BCUT2D eigenvalue weighted by atomic mass is 35.5. The van der Waals surface area contributed by atoms with Crippen LogP contribution in [0.5, 0.6) is 5.75 Å². The smallest absolute Gasteiger partial charge is 0.265 e. The summed E-state index contributed by atoms with van der Waals surface area (Å²) in [5.74, 6) is 0.427. The number of aryl methyl sites for hydroxylation is 1. The summed E-state index contributed by atoms with van der Waals surface area (Å²) in [7, 11) is 0. The number of carbonyl (C=O) groups excluding carboxylic acids is 1. The molecule has 0 saturated carbocycles. The van der Waals surface area contributed by atoms with Crippen molar-refractivity contribution in [3.05, 3.63) is 59.1 Å². The van der Waals surface area contributed by atoms with E-state index in [0.29, 0.717) is 16.5 Å². The van der Waals surface area contributed by atoms with Gasteiger partial charge in [-0.05, 0) is 38.1 Å². The van der Waals surface area contributed by atoms with Gasteiger partial charge in [0.2, 0.25) is 0 Å². The summed E-state index contributed by atoms with van der Waals surface area (Å²) in [6, 6.07) is 14.7. The maximum Gasteiger partial charge on any atom is 0.265 e. The van der Waals surface area contributed by atoms with Gasteiger partial charge in [0.25, 0.3) is 5.91 Å². The van der Waals surface area contributed by atoms with E-state index in [1.807, 2.05) is 43.3 Å². The fourth-order valence-electron chi connectivity index (χ4n) is 1.67. The van der Waals surface area contributed by atoms with Crippen LogP contribution in [0.4, 0.5) is 5.69 Å². The molecule has 0 spiro atoms. The molecule has 0 unspecified atom stereocenters. The van der Waals surface area contributed by atoms with Crippen LogP contribution in [0, 0.1) is 6.92 Å². The number of nitrogens with one attached hydrogen (secondary N) is 1. The molecule has 3 nitrogen and oxygen atoms in total. The Kier molecular flexibility index (Phi) is 4.64. The van der Waals surface area contributed by atoms with E-state index in [2.05, 4.69) is 5.32 Å². The summed E-state index contributed by atoms with van der Waals surface area (Å²) in [6.07, 6.45) is -0.603. The monoisotopic (exact) mass is 289 g/mol. The van der Waals surface area contributed by atoms with Crippen LogP contribution < -0.4 is 10.1 Å². The van der Waals surface area contributed by atoms with Gasteiger partial charge >= 0.3 is 0 Å². The van der Waals surface area contributed by atoms with Crippen LogP contribution in [0.25, 0.3) is 0 Å². The average molecular weight is 290 g/mol. The standard InChI is InChI=1S/C16H16ClNO2/c1-11-7-9-13(10-8-11)20-12(2)16(19)18-15-6-4-3-5-14(15)17/h3-10,12H,1-2H3,(H,18,19)/t12-/m0/s1. The zero-order chi connectivity index (χ0) is 14.5. The Labute approximate surface area is 123 Å². The number of halogens is 1. The van der Waals surface area contributed by atoms with E-state index in [1.165, 1.54) is 0 Å². The Bertz CT molecular complexity index is 596. The van der Waals surface area contributed by atoms with E-state index >= 15 is 0 Å².